The molecule has 2 aromatic rings. The molecule has 1 atom stereocenters. The second-order valence-electron chi connectivity index (χ2n) is 7.21. The minimum Gasteiger partial charge on any atom is -0.325 e. The van der Waals surface area contributed by atoms with Crippen LogP contribution in [0, 0.1) is 32.1 Å². The molecule has 1 aliphatic heterocycles. The standard InChI is InChI=1S/C23H23N3O2S/c1-14-4-7-17(8-5-14)19-11-21(27)26-23(20(19)12-24)29-13-22(28)25-18-9-6-15(2)16(3)10-18/h4-10,19H,11,13H2,1-3H3,(H,25,28)(H,26,27)/t19-/m1/s1. The Labute approximate surface area is 175 Å². The van der Waals surface area contributed by atoms with Crippen LogP contribution in [-0.4, -0.2) is 17.6 Å². The van der Waals surface area contributed by atoms with Crippen LogP contribution in [-0.2, 0) is 9.59 Å². The molecule has 0 saturated carbocycles. The molecule has 0 bridgehead atoms. The fraction of sp³-hybridized carbons (Fsp3) is 0.261. The van der Waals surface area contributed by atoms with E-state index < -0.39 is 0 Å². The maximum Gasteiger partial charge on any atom is 0.234 e. The van der Waals surface area contributed by atoms with Gasteiger partial charge in [-0.05, 0) is 49.6 Å². The van der Waals surface area contributed by atoms with Crippen molar-refractivity contribution in [1.29, 1.82) is 5.26 Å². The molecule has 2 amide bonds. The lowest BCUT2D eigenvalue weighted by molar-refractivity contribution is -0.121. The van der Waals surface area contributed by atoms with Gasteiger partial charge in [-0.15, -0.1) is 0 Å². The monoisotopic (exact) mass is 405 g/mol. The molecule has 0 fully saturated rings. The van der Waals surface area contributed by atoms with Gasteiger partial charge in [0.25, 0.3) is 0 Å². The van der Waals surface area contributed by atoms with Crippen LogP contribution < -0.4 is 10.6 Å². The van der Waals surface area contributed by atoms with Crippen LogP contribution in [0.15, 0.2) is 53.1 Å². The van der Waals surface area contributed by atoms with E-state index in [0.29, 0.717) is 10.6 Å². The Balaban J connectivity index is 1.74. The highest BCUT2D eigenvalue weighted by molar-refractivity contribution is 8.03. The number of carbonyl (C=O) groups excluding carboxylic acids is 2. The first-order chi connectivity index (χ1) is 13.9. The Kier molecular flexibility index (Phi) is 6.40. The third-order valence-electron chi connectivity index (χ3n) is 4.97. The summed E-state index contributed by atoms with van der Waals surface area (Å²) in [7, 11) is 0. The second kappa shape index (κ2) is 8.97. The van der Waals surface area contributed by atoms with Crippen LogP contribution in [0.3, 0.4) is 0 Å². The fourth-order valence-corrected chi connectivity index (χ4v) is 4.05. The van der Waals surface area contributed by atoms with E-state index in [0.717, 1.165) is 27.9 Å². The summed E-state index contributed by atoms with van der Waals surface area (Å²) in [6, 6.07) is 15.8. The van der Waals surface area contributed by atoms with Gasteiger partial charge in [0.2, 0.25) is 11.8 Å². The minimum atomic E-state index is -0.292. The average Bonchev–Trinajstić information content (AvgIpc) is 2.69. The molecule has 3 rings (SSSR count). The average molecular weight is 406 g/mol. The van der Waals surface area contributed by atoms with E-state index in [1.807, 2.05) is 63.2 Å². The van der Waals surface area contributed by atoms with E-state index in [-0.39, 0.29) is 29.9 Å². The Bertz CT molecular complexity index is 1020. The number of aryl methyl sites for hydroxylation is 3. The molecule has 6 heteroatoms. The largest absolute Gasteiger partial charge is 0.325 e. The quantitative estimate of drug-likeness (QED) is 0.776. The van der Waals surface area contributed by atoms with Crippen LogP contribution in [0.4, 0.5) is 5.69 Å². The summed E-state index contributed by atoms with van der Waals surface area (Å²) in [5, 5.41) is 15.8. The number of amides is 2. The van der Waals surface area contributed by atoms with Crippen molar-refractivity contribution in [2.75, 3.05) is 11.1 Å². The Morgan fingerprint density at radius 1 is 1.17 bits per heavy atom. The highest BCUT2D eigenvalue weighted by atomic mass is 32.2. The first-order valence-electron chi connectivity index (χ1n) is 9.38. The predicted octanol–water partition coefficient (Wildman–Crippen LogP) is 4.32. The third-order valence-corrected chi connectivity index (χ3v) is 5.99. The van der Waals surface area contributed by atoms with Crippen LogP contribution in [0.25, 0.3) is 0 Å². The lowest BCUT2D eigenvalue weighted by Crippen LogP contribution is -2.31. The van der Waals surface area contributed by atoms with E-state index in [1.54, 1.807) is 0 Å². The number of nitrogens with zero attached hydrogens (tertiary/aromatic N) is 1. The van der Waals surface area contributed by atoms with Crippen molar-refractivity contribution in [3.8, 4) is 6.07 Å². The highest BCUT2D eigenvalue weighted by Crippen LogP contribution is 2.36. The topological polar surface area (TPSA) is 82.0 Å². The van der Waals surface area contributed by atoms with Crippen molar-refractivity contribution in [3.05, 3.63) is 75.3 Å². The number of anilines is 1. The zero-order valence-corrected chi connectivity index (χ0v) is 17.5. The molecule has 2 N–H and O–H groups in total. The number of nitrogens with one attached hydrogen (secondary N) is 2. The zero-order valence-electron chi connectivity index (χ0n) is 16.7. The van der Waals surface area contributed by atoms with E-state index >= 15 is 0 Å². The number of hydrogen-bond donors (Lipinski definition) is 2. The smallest absolute Gasteiger partial charge is 0.234 e. The van der Waals surface area contributed by atoms with Crippen LogP contribution >= 0.6 is 11.8 Å². The van der Waals surface area contributed by atoms with E-state index in [4.69, 9.17) is 0 Å². The van der Waals surface area contributed by atoms with Crippen LogP contribution in [0.1, 0.15) is 34.6 Å². The van der Waals surface area contributed by atoms with Gasteiger partial charge >= 0.3 is 0 Å². The maximum absolute atomic E-state index is 12.4. The number of rotatable bonds is 5. The van der Waals surface area contributed by atoms with Gasteiger partial charge in [-0.1, -0.05) is 47.7 Å². The molecule has 0 aromatic heterocycles. The Morgan fingerprint density at radius 2 is 1.90 bits per heavy atom. The van der Waals surface area contributed by atoms with E-state index in [2.05, 4.69) is 16.7 Å². The lowest BCUT2D eigenvalue weighted by Gasteiger charge is -2.25. The van der Waals surface area contributed by atoms with Gasteiger partial charge in [-0.2, -0.15) is 5.26 Å². The predicted molar refractivity (Wildman–Crippen MR) is 116 cm³/mol. The van der Waals surface area contributed by atoms with Gasteiger partial charge in [-0.3, -0.25) is 9.59 Å². The van der Waals surface area contributed by atoms with Crippen molar-refractivity contribution >= 4 is 29.3 Å². The van der Waals surface area contributed by atoms with Crippen molar-refractivity contribution in [3.63, 3.8) is 0 Å². The van der Waals surface area contributed by atoms with Gasteiger partial charge in [0.1, 0.15) is 0 Å². The molecule has 29 heavy (non-hydrogen) atoms. The molecule has 1 heterocycles. The molecule has 1 aliphatic rings. The molecular formula is C23H23N3O2S. The number of carbonyl (C=O) groups is 2. The summed E-state index contributed by atoms with van der Waals surface area (Å²) in [6.07, 6.45) is 0.227. The summed E-state index contributed by atoms with van der Waals surface area (Å²) >= 11 is 1.18. The minimum absolute atomic E-state index is 0.105. The number of thioether (sulfide) groups is 1. The normalized spacial score (nSPS) is 16.2. The molecule has 5 nitrogen and oxygen atoms in total. The number of allylic oxidation sites excluding steroid dienone is 1. The summed E-state index contributed by atoms with van der Waals surface area (Å²) < 4.78 is 0. The summed E-state index contributed by atoms with van der Waals surface area (Å²) in [5.74, 6) is -0.519. The van der Waals surface area contributed by atoms with Crippen molar-refractivity contribution in [2.24, 2.45) is 0 Å². The molecule has 2 aromatic carbocycles. The maximum atomic E-state index is 12.4. The van der Waals surface area contributed by atoms with Gasteiger partial charge in [0, 0.05) is 18.0 Å². The molecule has 0 saturated heterocycles. The molecular weight excluding hydrogens is 382 g/mol. The Morgan fingerprint density at radius 3 is 2.55 bits per heavy atom. The van der Waals surface area contributed by atoms with Gasteiger partial charge in [0.15, 0.2) is 0 Å². The van der Waals surface area contributed by atoms with Crippen molar-refractivity contribution < 1.29 is 9.59 Å². The van der Waals surface area contributed by atoms with Crippen molar-refractivity contribution in [2.45, 2.75) is 33.1 Å². The van der Waals surface area contributed by atoms with Gasteiger partial charge in [-0.25, -0.2) is 0 Å². The molecule has 0 spiro atoms. The summed E-state index contributed by atoms with van der Waals surface area (Å²) in [6.45, 7) is 6.00. The molecule has 0 aliphatic carbocycles. The fourth-order valence-electron chi connectivity index (χ4n) is 3.17. The van der Waals surface area contributed by atoms with Crippen LogP contribution in [0.5, 0.6) is 0 Å². The number of hydrogen-bond acceptors (Lipinski definition) is 4. The van der Waals surface area contributed by atoms with Crippen molar-refractivity contribution in [1.82, 2.24) is 5.32 Å². The SMILES string of the molecule is Cc1ccc([C@H]2CC(=O)NC(SCC(=O)Nc3ccc(C)c(C)c3)=C2C#N)cc1. The summed E-state index contributed by atoms with van der Waals surface area (Å²) in [5.41, 5.74) is 5.54. The van der Waals surface area contributed by atoms with E-state index in [1.165, 1.54) is 11.8 Å². The summed E-state index contributed by atoms with van der Waals surface area (Å²) in [4.78, 5) is 24.6. The molecule has 0 radical (unpaired) electrons. The van der Waals surface area contributed by atoms with E-state index in [9.17, 15) is 14.9 Å². The Hall–Kier alpha value is -3.04. The zero-order chi connectivity index (χ0) is 21.0. The lowest BCUT2D eigenvalue weighted by atomic mass is 9.87. The third kappa shape index (κ3) is 5.07. The first kappa shape index (κ1) is 20.7. The number of nitriles is 1. The van der Waals surface area contributed by atoms with Gasteiger partial charge in [0.05, 0.1) is 22.4 Å². The molecule has 148 valence electrons. The highest BCUT2D eigenvalue weighted by Gasteiger charge is 2.29. The molecule has 0 unspecified atom stereocenters. The van der Waals surface area contributed by atoms with Gasteiger partial charge < -0.3 is 10.6 Å². The number of benzene rings is 2. The van der Waals surface area contributed by atoms with Crippen LogP contribution in [0.2, 0.25) is 0 Å². The second-order valence-corrected chi connectivity index (χ2v) is 8.19. The first-order valence-corrected chi connectivity index (χ1v) is 10.4.